The molecule has 1 unspecified atom stereocenters. The molecule has 1 atom stereocenters. The quantitative estimate of drug-likeness (QED) is 0.761. The first-order valence-corrected chi connectivity index (χ1v) is 9.12. The highest BCUT2D eigenvalue weighted by Gasteiger charge is 2.26. The second kappa shape index (κ2) is 9.12. The Morgan fingerprint density at radius 2 is 2.00 bits per heavy atom. The fraction of sp³-hybridized carbons (Fsp3) is 0.381. The molecule has 0 N–H and O–H groups in total. The lowest BCUT2D eigenvalue weighted by atomic mass is 10.1. The van der Waals surface area contributed by atoms with Crippen molar-refractivity contribution in [3.05, 3.63) is 65.2 Å². The van der Waals surface area contributed by atoms with Gasteiger partial charge >= 0.3 is 0 Å². The average Bonchev–Trinajstić information content (AvgIpc) is 2.68. The molecule has 1 saturated heterocycles. The van der Waals surface area contributed by atoms with Gasteiger partial charge in [0.25, 0.3) is 0 Å². The Kier molecular flexibility index (Phi) is 6.59. The lowest BCUT2D eigenvalue weighted by Gasteiger charge is -2.34. The number of nitrogens with zero attached hydrogens (tertiary/aromatic N) is 2. The Morgan fingerprint density at radius 1 is 1.25 bits per heavy atom. The fourth-order valence-electron chi connectivity index (χ4n) is 3.26. The molecule has 2 aromatic carbocycles. The summed E-state index contributed by atoms with van der Waals surface area (Å²) < 4.78 is 37.6. The number of hydrogen-bond acceptors (Lipinski definition) is 4. The fourth-order valence-corrected chi connectivity index (χ4v) is 3.26. The first-order chi connectivity index (χ1) is 13.5. The number of carbonyl (C=O) groups excluding carboxylic acids is 1. The Labute approximate surface area is 163 Å². The molecular weight excluding hydrogens is 366 g/mol. The van der Waals surface area contributed by atoms with E-state index in [1.165, 1.54) is 25.3 Å². The predicted molar refractivity (Wildman–Crippen MR) is 101 cm³/mol. The summed E-state index contributed by atoms with van der Waals surface area (Å²) in [5.41, 5.74) is 1.61. The van der Waals surface area contributed by atoms with Crippen LogP contribution < -0.4 is 4.74 Å². The summed E-state index contributed by atoms with van der Waals surface area (Å²) in [5, 5.41) is 0. The zero-order chi connectivity index (χ0) is 20.1. The van der Waals surface area contributed by atoms with Crippen molar-refractivity contribution in [1.82, 2.24) is 9.80 Å². The molecule has 1 aliphatic rings. The highest BCUT2D eigenvalue weighted by Crippen LogP contribution is 2.23. The van der Waals surface area contributed by atoms with Crippen molar-refractivity contribution >= 4 is 5.91 Å². The van der Waals surface area contributed by atoms with Crippen molar-refractivity contribution in [2.24, 2.45) is 0 Å². The lowest BCUT2D eigenvalue weighted by Crippen LogP contribution is -2.46. The van der Waals surface area contributed by atoms with E-state index in [-0.39, 0.29) is 30.1 Å². The van der Waals surface area contributed by atoms with E-state index in [9.17, 15) is 13.6 Å². The summed E-state index contributed by atoms with van der Waals surface area (Å²) >= 11 is 0. The minimum absolute atomic E-state index is 0.0214. The van der Waals surface area contributed by atoms with E-state index in [0.717, 1.165) is 11.1 Å². The Morgan fingerprint density at radius 3 is 2.68 bits per heavy atom. The van der Waals surface area contributed by atoms with Crippen LogP contribution in [0, 0.1) is 11.6 Å². The van der Waals surface area contributed by atoms with Crippen molar-refractivity contribution in [3.8, 4) is 5.75 Å². The minimum atomic E-state index is -0.421. The number of morpholine rings is 1. The van der Waals surface area contributed by atoms with Crippen LogP contribution in [0.4, 0.5) is 8.78 Å². The molecule has 0 bridgehead atoms. The van der Waals surface area contributed by atoms with Gasteiger partial charge in [-0.3, -0.25) is 9.69 Å². The summed E-state index contributed by atoms with van der Waals surface area (Å²) in [6.45, 7) is 2.03. The van der Waals surface area contributed by atoms with E-state index < -0.39 is 5.82 Å². The van der Waals surface area contributed by atoms with E-state index >= 15 is 0 Å². The van der Waals surface area contributed by atoms with E-state index in [1.54, 1.807) is 29.2 Å². The molecule has 1 fully saturated rings. The number of rotatable bonds is 6. The molecular formula is C21H24F2N2O3. The molecule has 0 aliphatic carbocycles. The summed E-state index contributed by atoms with van der Waals surface area (Å²) in [6, 6.07) is 10.9. The molecule has 0 spiro atoms. The summed E-state index contributed by atoms with van der Waals surface area (Å²) in [6.07, 6.45) is -0.265. The van der Waals surface area contributed by atoms with Crippen LogP contribution in [-0.4, -0.2) is 56.1 Å². The SMILES string of the molecule is COc1ccc(CN(C)CC(=O)N2CCOC(c3ccc(F)cc3)C2)cc1F. The molecule has 0 saturated carbocycles. The molecule has 5 nitrogen and oxygen atoms in total. The normalized spacial score (nSPS) is 17.0. The third kappa shape index (κ3) is 5.05. The average molecular weight is 390 g/mol. The van der Waals surface area contributed by atoms with Gasteiger partial charge in [-0.1, -0.05) is 18.2 Å². The Hall–Kier alpha value is -2.51. The van der Waals surface area contributed by atoms with Gasteiger partial charge in [0, 0.05) is 13.1 Å². The maximum Gasteiger partial charge on any atom is 0.236 e. The first kappa shape index (κ1) is 20.2. The van der Waals surface area contributed by atoms with E-state index in [1.807, 2.05) is 11.9 Å². The van der Waals surface area contributed by atoms with Gasteiger partial charge in [-0.25, -0.2) is 8.78 Å². The van der Waals surface area contributed by atoms with Crippen LogP contribution in [0.25, 0.3) is 0 Å². The molecule has 0 radical (unpaired) electrons. The largest absolute Gasteiger partial charge is 0.494 e. The third-order valence-corrected chi connectivity index (χ3v) is 4.73. The maximum absolute atomic E-state index is 13.8. The van der Waals surface area contributed by atoms with Gasteiger partial charge in [0.2, 0.25) is 5.91 Å². The second-order valence-corrected chi connectivity index (χ2v) is 6.89. The molecule has 1 aliphatic heterocycles. The third-order valence-electron chi connectivity index (χ3n) is 4.73. The number of ether oxygens (including phenoxy) is 2. The molecule has 7 heteroatoms. The molecule has 3 rings (SSSR count). The molecule has 1 heterocycles. The molecule has 28 heavy (non-hydrogen) atoms. The highest BCUT2D eigenvalue weighted by molar-refractivity contribution is 5.78. The second-order valence-electron chi connectivity index (χ2n) is 6.89. The first-order valence-electron chi connectivity index (χ1n) is 9.12. The number of carbonyl (C=O) groups is 1. The van der Waals surface area contributed by atoms with Crippen LogP contribution in [-0.2, 0) is 16.1 Å². The van der Waals surface area contributed by atoms with Crippen LogP contribution in [0.3, 0.4) is 0 Å². The predicted octanol–water partition coefficient (Wildman–Crippen LogP) is 3.01. The monoisotopic (exact) mass is 390 g/mol. The minimum Gasteiger partial charge on any atom is -0.494 e. The van der Waals surface area contributed by atoms with Crippen molar-refractivity contribution in [2.45, 2.75) is 12.6 Å². The molecule has 0 aromatic heterocycles. The van der Waals surface area contributed by atoms with E-state index in [2.05, 4.69) is 0 Å². The smallest absolute Gasteiger partial charge is 0.236 e. The Bertz CT molecular complexity index is 814. The zero-order valence-corrected chi connectivity index (χ0v) is 16.0. The van der Waals surface area contributed by atoms with Crippen molar-refractivity contribution in [2.75, 3.05) is 40.4 Å². The maximum atomic E-state index is 13.8. The van der Waals surface area contributed by atoms with E-state index in [0.29, 0.717) is 26.2 Å². The lowest BCUT2D eigenvalue weighted by molar-refractivity contribution is -0.140. The molecule has 2 aromatic rings. The van der Waals surface area contributed by atoms with Crippen LogP contribution >= 0.6 is 0 Å². The number of likely N-dealkylation sites (N-methyl/N-ethyl adjacent to an activating group) is 1. The van der Waals surface area contributed by atoms with Gasteiger partial charge in [-0.15, -0.1) is 0 Å². The summed E-state index contributed by atoms with van der Waals surface area (Å²) in [5.74, 6) is -0.548. The van der Waals surface area contributed by atoms with Crippen LogP contribution in [0.1, 0.15) is 17.2 Å². The summed E-state index contributed by atoms with van der Waals surface area (Å²) in [4.78, 5) is 16.3. The zero-order valence-electron chi connectivity index (χ0n) is 16.0. The van der Waals surface area contributed by atoms with Crippen LogP contribution in [0.2, 0.25) is 0 Å². The number of benzene rings is 2. The topological polar surface area (TPSA) is 42.0 Å². The van der Waals surface area contributed by atoms with Gasteiger partial charge in [-0.05, 0) is 42.4 Å². The standard InChI is InChI=1S/C21H24F2N2O3/c1-24(12-15-3-8-19(27-2)18(23)11-15)14-21(26)25-9-10-28-20(13-25)16-4-6-17(22)7-5-16/h3-8,11,20H,9-10,12-14H2,1-2H3. The van der Waals surface area contributed by atoms with Gasteiger partial charge in [0.15, 0.2) is 11.6 Å². The molecule has 1 amide bonds. The van der Waals surface area contributed by atoms with Crippen LogP contribution in [0.15, 0.2) is 42.5 Å². The number of methoxy groups -OCH3 is 1. The number of hydrogen-bond donors (Lipinski definition) is 0. The van der Waals surface area contributed by atoms with Crippen molar-refractivity contribution in [1.29, 1.82) is 0 Å². The van der Waals surface area contributed by atoms with Crippen molar-refractivity contribution in [3.63, 3.8) is 0 Å². The van der Waals surface area contributed by atoms with Gasteiger partial charge in [0.05, 0.1) is 26.8 Å². The van der Waals surface area contributed by atoms with Gasteiger partial charge < -0.3 is 14.4 Å². The van der Waals surface area contributed by atoms with Gasteiger partial charge in [0.1, 0.15) is 11.9 Å². The van der Waals surface area contributed by atoms with Crippen molar-refractivity contribution < 1.29 is 23.0 Å². The van der Waals surface area contributed by atoms with E-state index in [4.69, 9.17) is 9.47 Å². The molecule has 150 valence electrons. The number of amides is 1. The van der Waals surface area contributed by atoms with Crippen LogP contribution in [0.5, 0.6) is 5.75 Å². The Balaban J connectivity index is 1.56. The summed E-state index contributed by atoms with van der Waals surface area (Å²) in [7, 11) is 3.24. The number of halogens is 2. The highest BCUT2D eigenvalue weighted by atomic mass is 19.1. The van der Waals surface area contributed by atoms with Gasteiger partial charge in [-0.2, -0.15) is 0 Å².